The summed E-state index contributed by atoms with van der Waals surface area (Å²) < 4.78 is 24.5. The number of hydrogen-bond donors (Lipinski definition) is 0. The van der Waals surface area contributed by atoms with Crippen molar-refractivity contribution in [3.8, 4) is 6.07 Å². The second-order valence-corrected chi connectivity index (χ2v) is 3.49. The summed E-state index contributed by atoms with van der Waals surface area (Å²) in [6.45, 7) is 0. The van der Waals surface area contributed by atoms with Gasteiger partial charge < -0.3 is 0 Å². The zero-order valence-electron chi connectivity index (χ0n) is 6.97. The number of nitriles is 1. The average Bonchev–Trinajstić information content (AvgIpc) is 2.05. The quantitative estimate of drug-likeness (QED) is 0.629. The van der Waals surface area contributed by atoms with Crippen LogP contribution in [-0.2, 0) is 0 Å². The van der Waals surface area contributed by atoms with Gasteiger partial charge >= 0.3 is 0 Å². The van der Waals surface area contributed by atoms with Crippen LogP contribution in [0.25, 0.3) is 0 Å². The second-order valence-electron chi connectivity index (χ2n) is 3.49. The minimum Gasteiger partial charge on any atom is -0.210 e. The van der Waals surface area contributed by atoms with E-state index < -0.39 is 12.3 Å². The highest BCUT2D eigenvalue weighted by Gasteiger charge is 2.27. The number of alkyl halides is 2. The summed E-state index contributed by atoms with van der Waals surface area (Å²) in [4.78, 5) is 0. The van der Waals surface area contributed by atoms with Crippen LogP contribution in [0.15, 0.2) is 0 Å². The lowest BCUT2D eigenvalue weighted by Crippen LogP contribution is -2.20. The van der Waals surface area contributed by atoms with E-state index >= 15 is 0 Å². The first-order chi connectivity index (χ1) is 5.74. The van der Waals surface area contributed by atoms with Crippen LogP contribution in [0.4, 0.5) is 8.78 Å². The van der Waals surface area contributed by atoms with Gasteiger partial charge in [-0.3, -0.25) is 0 Å². The first-order valence-electron chi connectivity index (χ1n) is 4.39. The summed E-state index contributed by atoms with van der Waals surface area (Å²) in [7, 11) is 0. The van der Waals surface area contributed by atoms with Crippen LogP contribution in [0.5, 0.6) is 0 Å². The van der Waals surface area contributed by atoms with Crippen molar-refractivity contribution in [2.45, 2.75) is 38.5 Å². The molecule has 1 aliphatic rings. The molecule has 1 aliphatic carbocycles. The van der Waals surface area contributed by atoms with Crippen LogP contribution in [0.3, 0.4) is 0 Å². The number of hydrogen-bond acceptors (Lipinski definition) is 1. The fourth-order valence-electron chi connectivity index (χ4n) is 1.88. The largest absolute Gasteiger partial charge is 0.241 e. The molecule has 1 saturated carbocycles. The van der Waals surface area contributed by atoms with Crippen molar-refractivity contribution in [2.75, 3.05) is 0 Å². The number of rotatable bonds is 2. The second kappa shape index (κ2) is 4.39. The first kappa shape index (κ1) is 9.44. The van der Waals surface area contributed by atoms with E-state index in [4.69, 9.17) is 5.26 Å². The molecule has 0 saturated heterocycles. The molecule has 68 valence electrons. The van der Waals surface area contributed by atoms with Crippen LogP contribution in [-0.4, -0.2) is 6.43 Å². The fourth-order valence-corrected chi connectivity index (χ4v) is 1.88. The molecular formula is C9H13F2N. The predicted octanol–water partition coefficient (Wildman–Crippen LogP) is 2.97. The number of nitrogens with zero attached hydrogens (tertiary/aromatic N) is 1. The Labute approximate surface area is 71.4 Å². The number of halogens is 2. The van der Waals surface area contributed by atoms with Gasteiger partial charge in [0.1, 0.15) is 0 Å². The normalized spacial score (nSPS) is 30.2. The van der Waals surface area contributed by atoms with E-state index in [1.165, 1.54) is 0 Å². The molecule has 3 heteroatoms. The Kier molecular flexibility index (Phi) is 3.46. The summed E-state index contributed by atoms with van der Waals surface area (Å²) >= 11 is 0. The van der Waals surface area contributed by atoms with Crippen LogP contribution >= 0.6 is 0 Å². The Bertz CT molecular complexity index is 174. The zero-order chi connectivity index (χ0) is 8.97. The molecule has 2 atom stereocenters. The molecule has 1 nitrogen and oxygen atoms in total. The van der Waals surface area contributed by atoms with Crippen LogP contribution in [0, 0.1) is 23.2 Å². The lowest BCUT2D eigenvalue weighted by atomic mass is 9.80. The highest BCUT2D eigenvalue weighted by Crippen LogP contribution is 2.34. The molecule has 0 aliphatic heterocycles. The third-order valence-corrected chi connectivity index (χ3v) is 2.56. The SMILES string of the molecule is N#CCC1CCCC(C(F)F)C1. The molecule has 0 bridgehead atoms. The Morgan fingerprint density at radius 2 is 2.17 bits per heavy atom. The molecule has 0 amide bonds. The molecule has 2 unspecified atom stereocenters. The van der Waals surface area contributed by atoms with Crippen LogP contribution < -0.4 is 0 Å². The third kappa shape index (κ3) is 2.44. The Hall–Kier alpha value is -0.650. The minimum absolute atomic E-state index is 0.225. The summed E-state index contributed by atoms with van der Waals surface area (Å²) in [5.74, 6) is -0.222. The van der Waals surface area contributed by atoms with E-state index in [2.05, 4.69) is 6.07 Å². The van der Waals surface area contributed by atoms with Crippen molar-refractivity contribution >= 4 is 0 Å². The van der Waals surface area contributed by atoms with Gasteiger partial charge in [0.05, 0.1) is 6.07 Å². The molecule has 1 rings (SSSR count). The highest BCUT2D eigenvalue weighted by molar-refractivity contribution is 4.81. The maximum atomic E-state index is 12.3. The van der Waals surface area contributed by atoms with Gasteiger partial charge in [0.15, 0.2) is 0 Å². The van der Waals surface area contributed by atoms with E-state index in [1.54, 1.807) is 0 Å². The van der Waals surface area contributed by atoms with E-state index in [1.807, 2.05) is 0 Å². The van der Waals surface area contributed by atoms with Gasteiger partial charge in [-0.05, 0) is 25.2 Å². The predicted molar refractivity (Wildman–Crippen MR) is 41.7 cm³/mol. The molecule has 0 aromatic rings. The molecule has 0 aromatic carbocycles. The Morgan fingerprint density at radius 1 is 1.42 bits per heavy atom. The van der Waals surface area contributed by atoms with Crippen LogP contribution in [0.1, 0.15) is 32.1 Å². The lowest BCUT2D eigenvalue weighted by Gasteiger charge is -2.26. The summed E-state index contributed by atoms with van der Waals surface area (Å²) in [5, 5.41) is 8.41. The molecular weight excluding hydrogens is 160 g/mol. The average molecular weight is 173 g/mol. The molecule has 1 fully saturated rings. The molecule has 12 heavy (non-hydrogen) atoms. The van der Waals surface area contributed by atoms with Crippen LogP contribution in [0.2, 0.25) is 0 Å². The standard InChI is InChI=1S/C9H13F2N/c10-9(11)8-3-1-2-7(6-8)4-5-12/h7-9H,1-4,6H2. The molecule has 0 heterocycles. The molecule has 0 aromatic heterocycles. The lowest BCUT2D eigenvalue weighted by molar-refractivity contribution is 0.0426. The van der Waals surface area contributed by atoms with Gasteiger partial charge in [0.25, 0.3) is 0 Å². The van der Waals surface area contributed by atoms with Crippen molar-refractivity contribution in [1.82, 2.24) is 0 Å². The Morgan fingerprint density at radius 3 is 2.75 bits per heavy atom. The van der Waals surface area contributed by atoms with Crippen molar-refractivity contribution < 1.29 is 8.78 Å². The van der Waals surface area contributed by atoms with Crippen molar-refractivity contribution in [3.63, 3.8) is 0 Å². The molecule has 0 N–H and O–H groups in total. The van der Waals surface area contributed by atoms with E-state index in [-0.39, 0.29) is 5.92 Å². The Balaban J connectivity index is 2.36. The third-order valence-electron chi connectivity index (χ3n) is 2.56. The maximum absolute atomic E-state index is 12.3. The fraction of sp³-hybridized carbons (Fsp3) is 0.889. The smallest absolute Gasteiger partial charge is 0.210 e. The van der Waals surface area contributed by atoms with Gasteiger partial charge in [-0.2, -0.15) is 5.26 Å². The molecule has 0 spiro atoms. The van der Waals surface area contributed by atoms with Gasteiger partial charge in [0.2, 0.25) is 6.43 Å². The van der Waals surface area contributed by atoms with Gasteiger partial charge in [-0.15, -0.1) is 0 Å². The van der Waals surface area contributed by atoms with E-state index in [0.717, 1.165) is 12.8 Å². The van der Waals surface area contributed by atoms with Crippen molar-refractivity contribution in [1.29, 1.82) is 5.26 Å². The zero-order valence-corrected chi connectivity index (χ0v) is 6.97. The summed E-state index contributed by atoms with van der Waals surface area (Å²) in [6, 6.07) is 2.05. The minimum atomic E-state index is -2.19. The molecule has 0 radical (unpaired) electrons. The van der Waals surface area contributed by atoms with Gasteiger partial charge in [0, 0.05) is 12.3 Å². The first-order valence-corrected chi connectivity index (χ1v) is 4.39. The highest BCUT2D eigenvalue weighted by atomic mass is 19.3. The monoisotopic (exact) mass is 173 g/mol. The topological polar surface area (TPSA) is 23.8 Å². The van der Waals surface area contributed by atoms with Crippen molar-refractivity contribution in [2.24, 2.45) is 11.8 Å². The van der Waals surface area contributed by atoms with E-state index in [0.29, 0.717) is 19.3 Å². The van der Waals surface area contributed by atoms with E-state index in [9.17, 15) is 8.78 Å². The summed E-state index contributed by atoms with van der Waals surface area (Å²) in [5.41, 5.74) is 0. The summed E-state index contributed by atoms with van der Waals surface area (Å²) in [6.07, 6.45) is 1.26. The maximum Gasteiger partial charge on any atom is 0.241 e. The van der Waals surface area contributed by atoms with Gasteiger partial charge in [-0.25, -0.2) is 8.78 Å². The van der Waals surface area contributed by atoms with Gasteiger partial charge in [-0.1, -0.05) is 6.42 Å². The van der Waals surface area contributed by atoms with Crippen molar-refractivity contribution in [3.05, 3.63) is 0 Å².